The van der Waals surface area contributed by atoms with Gasteiger partial charge in [-0.15, -0.1) is 0 Å². The van der Waals surface area contributed by atoms with Gasteiger partial charge in [-0.05, 0) is 31.1 Å². The number of hydrogen-bond acceptors (Lipinski definition) is 2. The van der Waals surface area contributed by atoms with Crippen LogP contribution in [0.2, 0.25) is 0 Å². The van der Waals surface area contributed by atoms with Crippen LogP contribution in [0.25, 0.3) is 10.8 Å². The summed E-state index contributed by atoms with van der Waals surface area (Å²) in [6.07, 6.45) is 5.31. The molecular weight excluding hydrogens is 246 g/mol. The van der Waals surface area contributed by atoms with Crippen LogP contribution in [0.3, 0.4) is 0 Å². The lowest BCUT2D eigenvalue weighted by atomic mass is 10.0. The maximum Gasteiger partial charge on any atom is 0.131 e. The third-order valence-corrected chi connectivity index (χ3v) is 4.34. The minimum Gasteiger partial charge on any atom is -0.492 e. The smallest absolute Gasteiger partial charge is 0.131 e. The molecule has 0 amide bonds. The zero-order chi connectivity index (χ0) is 13.9. The summed E-state index contributed by atoms with van der Waals surface area (Å²) in [6.45, 7) is 2.85. The van der Waals surface area contributed by atoms with Crippen molar-refractivity contribution < 1.29 is 4.74 Å². The van der Waals surface area contributed by atoms with Gasteiger partial charge in [0.25, 0.3) is 0 Å². The van der Waals surface area contributed by atoms with Crippen molar-refractivity contribution in [1.82, 2.24) is 0 Å². The van der Waals surface area contributed by atoms with Crippen molar-refractivity contribution in [2.75, 3.05) is 6.61 Å². The predicted octanol–water partition coefficient (Wildman–Crippen LogP) is 4.43. The molecule has 2 aromatic rings. The number of ether oxygens (including phenoxy) is 1. The molecule has 1 saturated carbocycles. The summed E-state index contributed by atoms with van der Waals surface area (Å²) in [5.74, 6) is 1.71. The molecule has 0 aliphatic heterocycles. The molecule has 0 saturated heterocycles. The van der Waals surface area contributed by atoms with Crippen LogP contribution < -0.4 is 10.5 Å². The van der Waals surface area contributed by atoms with Gasteiger partial charge in [0, 0.05) is 17.0 Å². The van der Waals surface area contributed by atoms with E-state index in [1.807, 2.05) is 6.92 Å². The Morgan fingerprint density at radius 2 is 1.90 bits per heavy atom. The summed E-state index contributed by atoms with van der Waals surface area (Å²) in [6, 6.07) is 12.6. The van der Waals surface area contributed by atoms with Gasteiger partial charge in [0.05, 0.1) is 6.61 Å². The zero-order valence-electron chi connectivity index (χ0n) is 12.1. The van der Waals surface area contributed by atoms with E-state index in [1.54, 1.807) is 0 Å². The van der Waals surface area contributed by atoms with E-state index < -0.39 is 0 Å². The number of benzene rings is 2. The van der Waals surface area contributed by atoms with Crippen LogP contribution in [-0.4, -0.2) is 6.61 Å². The molecule has 1 fully saturated rings. The van der Waals surface area contributed by atoms with Gasteiger partial charge >= 0.3 is 0 Å². The Balaban J connectivity index is 1.94. The van der Waals surface area contributed by atoms with Crippen molar-refractivity contribution in [1.29, 1.82) is 0 Å². The average Bonchev–Trinajstić information content (AvgIpc) is 2.97. The van der Waals surface area contributed by atoms with Crippen LogP contribution in [0.4, 0.5) is 0 Å². The number of rotatable bonds is 4. The first-order chi connectivity index (χ1) is 9.75. The molecule has 2 heteroatoms. The van der Waals surface area contributed by atoms with Crippen LogP contribution in [-0.2, 0) is 0 Å². The van der Waals surface area contributed by atoms with Crippen molar-refractivity contribution >= 4 is 10.8 Å². The molecule has 0 spiro atoms. The number of nitrogens with two attached hydrogens (primary N) is 1. The molecular formula is C18H23NO. The normalized spacial score (nSPS) is 17.5. The fraction of sp³-hybridized carbons (Fsp3) is 0.444. The Morgan fingerprint density at radius 1 is 1.15 bits per heavy atom. The Bertz CT molecular complexity index is 585. The summed E-state index contributed by atoms with van der Waals surface area (Å²) in [5.41, 5.74) is 7.22. The van der Waals surface area contributed by atoms with E-state index in [0.29, 0.717) is 0 Å². The van der Waals surface area contributed by atoms with E-state index in [0.717, 1.165) is 23.8 Å². The van der Waals surface area contributed by atoms with E-state index in [4.69, 9.17) is 10.5 Å². The van der Waals surface area contributed by atoms with Gasteiger partial charge in [0.1, 0.15) is 5.75 Å². The van der Waals surface area contributed by atoms with Gasteiger partial charge < -0.3 is 10.5 Å². The third-order valence-electron chi connectivity index (χ3n) is 4.34. The predicted molar refractivity (Wildman–Crippen MR) is 84.0 cm³/mol. The highest BCUT2D eigenvalue weighted by Crippen LogP contribution is 2.34. The molecule has 0 unspecified atom stereocenters. The first-order valence-electron chi connectivity index (χ1n) is 7.65. The fourth-order valence-corrected chi connectivity index (χ4v) is 3.16. The Labute approximate surface area is 120 Å². The topological polar surface area (TPSA) is 35.2 Å². The summed E-state index contributed by atoms with van der Waals surface area (Å²) in [4.78, 5) is 0. The van der Waals surface area contributed by atoms with E-state index in [2.05, 4.69) is 36.4 Å². The Morgan fingerprint density at radius 3 is 2.65 bits per heavy atom. The van der Waals surface area contributed by atoms with Gasteiger partial charge in [-0.25, -0.2) is 0 Å². The lowest BCUT2D eigenvalue weighted by molar-refractivity contribution is 0.252. The molecule has 3 rings (SSSR count). The minimum atomic E-state index is -0.00168. The highest BCUT2D eigenvalue weighted by molar-refractivity contribution is 5.89. The molecule has 20 heavy (non-hydrogen) atoms. The van der Waals surface area contributed by atoms with Crippen molar-refractivity contribution in [3.63, 3.8) is 0 Å². The largest absolute Gasteiger partial charge is 0.492 e. The molecule has 0 radical (unpaired) electrons. The number of fused-ring (bicyclic) bond motifs is 1. The van der Waals surface area contributed by atoms with E-state index >= 15 is 0 Å². The SMILES string of the molecule is C[C@@H](N)c1ccc2ccccc2c1OCC1CCCC1. The van der Waals surface area contributed by atoms with Crippen LogP contribution in [0.1, 0.15) is 44.2 Å². The molecule has 2 nitrogen and oxygen atoms in total. The molecule has 0 bridgehead atoms. The second-order valence-electron chi connectivity index (χ2n) is 5.96. The summed E-state index contributed by atoms with van der Waals surface area (Å²) in [5, 5.41) is 2.40. The van der Waals surface area contributed by atoms with E-state index in [1.165, 1.54) is 36.5 Å². The quantitative estimate of drug-likeness (QED) is 0.891. The summed E-state index contributed by atoms with van der Waals surface area (Å²) in [7, 11) is 0. The Hall–Kier alpha value is -1.54. The van der Waals surface area contributed by atoms with Crippen LogP contribution >= 0.6 is 0 Å². The summed E-state index contributed by atoms with van der Waals surface area (Å²) >= 11 is 0. The van der Waals surface area contributed by atoms with Gasteiger partial charge in [-0.1, -0.05) is 49.2 Å². The molecule has 1 atom stereocenters. The van der Waals surface area contributed by atoms with Gasteiger partial charge in [-0.2, -0.15) is 0 Å². The maximum atomic E-state index is 6.22. The first-order valence-corrected chi connectivity index (χ1v) is 7.65. The Kier molecular flexibility index (Phi) is 3.93. The lowest BCUT2D eigenvalue weighted by Crippen LogP contribution is -2.12. The third kappa shape index (κ3) is 2.66. The fourth-order valence-electron chi connectivity index (χ4n) is 3.16. The molecule has 106 valence electrons. The second kappa shape index (κ2) is 5.84. The van der Waals surface area contributed by atoms with Crippen LogP contribution in [0, 0.1) is 5.92 Å². The minimum absolute atomic E-state index is 0.00168. The standard InChI is InChI=1S/C18H23NO/c1-13(19)16-11-10-15-8-4-5-9-17(15)18(16)20-12-14-6-2-3-7-14/h4-5,8-11,13-14H,2-3,6-7,12,19H2,1H3/t13-/m1/s1. The maximum absolute atomic E-state index is 6.22. The first kappa shape index (κ1) is 13.4. The second-order valence-corrected chi connectivity index (χ2v) is 5.96. The van der Waals surface area contributed by atoms with E-state index in [-0.39, 0.29) is 6.04 Å². The highest BCUT2D eigenvalue weighted by Gasteiger charge is 2.18. The molecule has 2 aromatic carbocycles. The van der Waals surface area contributed by atoms with Crippen LogP contribution in [0.15, 0.2) is 36.4 Å². The van der Waals surface area contributed by atoms with Crippen molar-refractivity contribution in [3.8, 4) is 5.75 Å². The van der Waals surface area contributed by atoms with Gasteiger partial charge in [0.2, 0.25) is 0 Å². The molecule has 2 N–H and O–H groups in total. The molecule has 0 aromatic heterocycles. The molecule has 1 aliphatic carbocycles. The molecule has 0 heterocycles. The van der Waals surface area contributed by atoms with Crippen molar-refractivity contribution in [3.05, 3.63) is 42.0 Å². The van der Waals surface area contributed by atoms with Crippen molar-refractivity contribution in [2.24, 2.45) is 11.7 Å². The van der Waals surface area contributed by atoms with Gasteiger partial charge in [0.15, 0.2) is 0 Å². The lowest BCUT2D eigenvalue weighted by Gasteiger charge is -2.18. The highest BCUT2D eigenvalue weighted by atomic mass is 16.5. The van der Waals surface area contributed by atoms with Crippen LogP contribution in [0.5, 0.6) is 5.75 Å². The molecule has 1 aliphatic rings. The van der Waals surface area contributed by atoms with E-state index in [9.17, 15) is 0 Å². The zero-order valence-corrected chi connectivity index (χ0v) is 12.1. The van der Waals surface area contributed by atoms with Crippen molar-refractivity contribution in [2.45, 2.75) is 38.6 Å². The summed E-state index contributed by atoms with van der Waals surface area (Å²) < 4.78 is 6.22. The van der Waals surface area contributed by atoms with Gasteiger partial charge in [-0.3, -0.25) is 0 Å². The monoisotopic (exact) mass is 269 g/mol. The number of hydrogen-bond donors (Lipinski definition) is 1. The average molecular weight is 269 g/mol.